The smallest absolute Gasteiger partial charge is 0.191 e. The molecule has 4 aromatic rings. The summed E-state index contributed by atoms with van der Waals surface area (Å²) in [4.78, 5) is 9.20. The van der Waals surface area contributed by atoms with Crippen LogP contribution in [0.25, 0.3) is 11.0 Å². The summed E-state index contributed by atoms with van der Waals surface area (Å²) < 4.78 is 2.17. The number of aromatic nitrogens is 2. The summed E-state index contributed by atoms with van der Waals surface area (Å²) in [6.45, 7) is 4.90. The molecule has 7 heteroatoms. The van der Waals surface area contributed by atoms with Crippen LogP contribution in [0.4, 0.5) is 0 Å². The lowest BCUT2D eigenvalue weighted by molar-refractivity contribution is 0.265. The van der Waals surface area contributed by atoms with Crippen LogP contribution in [-0.2, 0) is 13.1 Å². The van der Waals surface area contributed by atoms with Crippen molar-refractivity contribution in [3.8, 4) is 0 Å². The van der Waals surface area contributed by atoms with Gasteiger partial charge in [0.05, 0.1) is 30.5 Å². The molecule has 3 aromatic carbocycles. The van der Waals surface area contributed by atoms with Crippen molar-refractivity contribution in [2.24, 2.45) is 4.99 Å². The first-order valence-corrected chi connectivity index (χ1v) is 11.4. The predicted molar refractivity (Wildman–Crippen MR) is 150 cm³/mol. The van der Waals surface area contributed by atoms with Gasteiger partial charge >= 0.3 is 0 Å². The summed E-state index contributed by atoms with van der Waals surface area (Å²) in [7, 11) is 0. The summed E-state index contributed by atoms with van der Waals surface area (Å²) in [5.41, 5.74) is 5.65. The van der Waals surface area contributed by atoms with Crippen LogP contribution >= 0.6 is 24.0 Å². The normalized spacial score (nSPS) is 12.2. The van der Waals surface area contributed by atoms with E-state index >= 15 is 0 Å². The van der Waals surface area contributed by atoms with Crippen molar-refractivity contribution in [1.82, 2.24) is 20.2 Å². The lowest BCUT2D eigenvalue weighted by Gasteiger charge is -2.18. The summed E-state index contributed by atoms with van der Waals surface area (Å²) in [5, 5.41) is 16.5. The number of nitrogens with zero attached hydrogens (tertiary/aromatic N) is 3. The number of halogens is 1. The van der Waals surface area contributed by atoms with Gasteiger partial charge in [-0.1, -0.05) is 66.7 Å². The number of guanidine groups is 1. The molecule has 0 amide bonds. The van der Waals surface area contributed by atoms with E-state index in [0.717, 1.165) is 41.2 Å². The third-order valence-corrected chi connectivity index (χ3v) is 5.67. The standard InChI is InChI=1S/C27H31N5O.HI/c1-2-28-27(30-17-24(19-33)23-8-4-3-5-9-23)29-16-21-12-14-22(15-13-21)18-32-20-31-25-10-6-7-11-26(25)32;/h3-15,20,24,33H,2,16-19H2,1H3,(H2,28,29,30);1H. The molecule has 1 unspecified atom stereocenters. The molecule has 0 fully saturated rings. The molecule has 178 valence electrons. The zero-order valence-electron chi connectivity index (χ0n) is 19.4. The Balaban J connectivity index is 0.00000324. The molecule has 1 heterocycles. The van der Waals surface area contributed by atoms with Crippen molar-refractivity contribution in [3.05, 3.63) is 102 Å². The van der Waals surface area contributed by atoms with Gasteiger partial charge in [-0.05, 0) is 35.7 Å². The monoisotopic (exact) mass is 569 g/mol. The van der Waals surface area contributed by atoms with Gasteiger partial charge in [0.1, 0.15) is 0 Å². The van der Waals surface area contributed by atoms with Gasteiger partial charge in [-0.15, -0.1) is 24.0 Å². The minimum atomic E-state index is 0. The third-order valence-electron chi connectivity index (χ3n) is 5.67. The van der Waals surface area contributed by atoms with Gasteiger partial charge in [-0.3, -0.25) is 0 Å². The topological polar surface area (TPSA) is 74.5 Å². The molecule has 4 rings (SSSR count). The fraction of sp³-hybridized carbons (Fsp3) is 0.259. The average molecular weight is 569 g/mol. The molecule has 0 bridgehead atoms. The summed E-state index contributed by atoms with van der Waals surface area (Å²) in [6, 6.07) is 26.8. The highest BCUT2D eigenvalue weighted by atomic mass is 127. The first-order valence-electron chi connectivity index (χ1n) is 11.4. The predicted octanol–water partition coefficient (Wildman–Crippen LogP) is 4.53. The highest BCUT2D eigenvalue weighted by molar-refractivity contribution is 14.0. The maximum atomic E-state index is 9.80. The van der Waals surface area contributed by atoms with Crippen molar-refractivity contribution < 1.29 is 5.11 Å². The quantitative estimate of drug-likeness (QED) is 0.157. The van der Waals surface area contributed by atoms with Crippen LogP contribution in [0.1, 0.15) is 29.5 Å². The lowest BCUT2D eigenvalue weighted by Crippen LogP contribution is -2.39. The minimum Gasteiger partial charge on any atom is -0.396 e. The van der Waals surface area contributed by atoms with Crippen LogP contribution in [0, 0.1) is 0 Å². The number of benzene rings is 3. The zero-order chi connectivity index (χ0) is 22.9. The summed E-state index contributed by atoms with van der Waals surface area (Å²) in [6.07, 6.45) is 1.90. The highest BCUT2D eigenvalue weighted by Crippen LogP contribution is 2.15. The van der Waals surface area contributed by atoms with Crippen molar-refractivity contribution in [2.75, 3.05) is 19.7 Å². The second-order valence-corrected chi connectivity index (χ2v) is 8.04. The molecule has 0 saturated heterocycles. The van der Waals surface area contributed by atoms with E-state index in [4.69, 9.17) is 4.99 Å². The first-order chi connectivity index (χ1) is 16.3. The highest BCUT2D eigenvalue weighted by Gasteiger charge is 2.11. The van der Waals surface area contributed by atoms with E-state index in [1.807, 2.05) is 61.8 Å². The van der Waals surface area contributed by atoms with Crippen LogP contribution in [0.2, 0.25) is 0 Å². The molecule has 3 N–H and O–H groups in total. The second-order valence-electron chi connectivity index (χ2n) is 8.04. The number of fused-ring (bicyclic) bond motifs is 1. The fourth-order valence-corrected chi connectivity index (χ4v) is 3.83. The Labute approximate surface area is 218 Å². The van der Waals surface area contributed by atoms with E-state index < -0.39 is 0 Å². The van der Waals surface area contributed by atoms with Crippen molar-refractivity contribution >= 4 is 41.0 Å². The number of hydrogen-bond acceptors (Lipinski definition) is 3. The first kappa shape index (κ1) is 25.7. The number of aliphatic hydroxyl groups is 1. The van der Waals surface area contributed by atoms with Gasteiger partial charge < -0.3 is 20.3 Å². The fourth-order valence-electron chi connectivity index (χ4n) is 3.83. The van der Waals surface area contributed by atoms with Crippen molar-refractivity contribution in [3.63, 3.8) is 0 Å². The van der Waals surface area contributed by atoms with Crippen LogP contribution in [0.5, 0.6) is 0 Å². The third kappa shape index (κ3) is 6.80. The van der Waals surface area contributed by atoms with Gasteiger partial charge in [0.2, 0.25) is 0 Å². The summed E-state index contributed by atoms with van der Waals surface area (Å²) in [5.74, 6) is 0.773. The number of aliphatic hydroxyl groups excluding tert-OH is 1. The largest absolute Gasteiger partial charge is 0.396 e. The van der Waals surface area contributed by atoms with E-state index in [2.05, 4.69) is 50.5 Å². The Hall–Kier alpha value is -2.91. The van der Waals surface area contributed by atoms with Crippen molar-refractivity contribution in [2.45, 2.75) is 25.9 Å². The van der Waals surface area contributed by atoms with Gasteiger partial charge in [0.15, 0.2) is 5.96 Å². The minimum absolute atomic E-state index is 0. The van der Waals surface area contributed by atoms with Crippen LogP contribution in [0.15, 0.2) is 90.2 Å². The second kappa shape index (κ2) is 13.1. The van der Waals surface area contributed by atoms with Crippen LogP contribution in [0.3, 0.4) is 0 Å². The molecule has 34 heavy (non-hydrogen) atoms. The lowest BCUT2D eigenvalue weighted by atomic mass is 10.0. The Bertz CT molecular complexity index is 1170. The van der Waals surface area contributed by atoms with Gasteiger partial charge in [0.25, 0.3) is 0 Å². The molecule has 1 aromatic heterocycles. The molecule has 1 atom stereocenters. The number of aliphatic imine (C=N–C) groups is 1. The number of rotatable bonds is 9. The van der Waals surface area contributed by atoms with E-state index in [1.54, 1.807) is 0 Å². The maximum absolute atomic E-state index is 9.80. The van der Waals surface area contributed by atoms with Gasteiger partial charge in [-0.25, -0.2) is 9.98 Å². The molecule has 0 aliphatic heterocycles. The number of hydrogen-bond donors (Lipinski definition) is 3. The van der Waals surface area contributed by atoms with E-state index in [9.17, 15) is 5.11 Å². The van der Waals surface area contributed by atoms with Crippen LogP contribution < -0.4 is 10.6 Å². The molecular weight excluding hydrogens is 537 g/mol. The van der Waals surface area contributed by atoms with E-state index in [-0.39, 0.29) is 36.5 Å². The molecule has 0 aliphatic rings. The van der Waals surface area contributed by atoms with E-state index in [1.165, 1.54) is 5.56 Å². The SMILES string of the molecule is CCNC(=NCc1ccc(Cn2cnc3ccccc32)cc1)NCC(CO)c1ccccc1.I. The molecule has 0 aliphatic carbocycles. The maximum Gasteiger partial charge on any atom is 0.191 e. The summed E-state index contributed by atoms with van der Waals surface area (Å²) >= 11 is 0. The molecule has 0 radical (unpaired) electrons. The molecule has 0 spiro atoms. The Morgan fingerprint density at radius 2 is 1.65 bits per heavy atom. The molecule has 0 saturated carbocycles. The average Bonchev–Trinajstić information content (AvgIpc) is 3.27. The molecule has 6 nitrogen and oxygen atoms in total. The van der Waals surface area contributed by atoms with Gasteiger partial charge in [-0.2, -0.15) is 0 Å². The van der Waals surface area contributed by atoms with E-state index in [0.29, 0.717) is 13.1 Å². The van der Waals surface area contributed by atoms with Gasteiger partial charge in [0, 0.05) is 25.6 Å². The Kier molecular flexibility index (Phi) is 9.90. The Morgan fingerprint density at radius 1 is 0.941 bits per heavy atom. The number of nitrogens with one attached hydrogen (secondary N) is 2. The zero-order valence-corrected chi connectivity index (χ0v) is 21.7. The van der Waals surface area contributed by atoms with Crippen LogP contribution in [-0.4, -0.2) is 40.3 Å². The number of para-hydroxylation sites is 2. The Morgan fingerprint density at radius 3 is 2.38 bits per heavy atom. The molecular formula is C27H32IN5O. The number of imidazole rings is 1. The van der Waals surface area contributed by atoms with Crippen molar-refractivity contribution in [1.29, 1.82) is 0 Å².